The number of rotatable bonds is 8. The van der Waals surface area contributed by atoms with Crippen molar-refractivity contribution in [2.45, 2.75) is 26.9 Å². The van der Waals surface area contributed by atoms with Gasteiger partial charge < -0.3 is 9.47 Å². The number of ether oxygens (including phenoxy) is 2. The molecule has 0 radical (unpaired) electrons. The zero-order chi connectivity index (χ0) is 26.5. The Morgan fingerprint density at radius 3 is 2.32 bits per heavy atom. The van der Waals surface area contributed by atoms with Crippen molar-refractivity contribution in [3.8, 4) is 11.5 Å². The second kappa shape index (κ2) is 12.1. The summed E-state index contributed by atoms with van der Waals surface area (Å²) >= 11 is 14.1. The van der Waals surface area contributed by atoms with Gasteiger partial charge in [-0.1, -0.05) is 42.8 Å². The van der Waals surface area contributed by atoms with E-state index in [2.05, 4.69) is 27.9 Å². The number of amides is 2. The lowest BCUT2D eigenvalue weighted by atomic mass is 10.1. The molecule has 0 saturated carbocycles. The lowest BCUT2D eigenvalue weighted by Gasteiger charge is -2.29. The largest absolute Gasteiger partial charge is 0.490 e. The van der Waals surface area contributed by atoms with E-state index >= 15 is 0 Å². The Morgan fingerprint density at radius 1 is 1.00 bits per heavy atom. The van der Waals surface area contributed by atoms with Crippen LogP contribution in [0.2, 0.25) is 5.02 Å². The van der Waals surface area contributed by atoms with Gasteiger partial charge in [-0.2, -0.15) is 0 Å². The number of aryl methyl sites for hydroxylation is 1. The van der Waals surface area contributed by atoms with E-state index in [1.807, 2.05) is 62.4 Å². The molecule has 1 N–H and O–H groups in total. The summed E-state index contributed by atoms with van der Waals surface area (Å²) in [6.07, 6.45) is 2.35. The maximum atomic E-state index is 13.4. The van der Waals surface area contributed by atoms with Crippen LogP contribution in [0.1, 0.15) is 30.5 Å². The number of nitrogens with zero attached hydrogens (tertiary/aromatic N) is 1. The Morgan fingerprint density at radius 2 is 1.68 bits per heavy atom. The minimum absolute atomic E-state index is 0.0313. The first-order valence-electron chi connectivity index (χ1n) is 11.6. The Labute approximate surface area is 239 Å². The molecule has 4 rings (SSSR count). The number of nitrogens with one attached hydrogen (secondary N) is 1. The highest BCUT2D eigenvalue weighted by Gasteiger charge is 2.34. The Kier molecular flexibility index (Phi) is 8.83. The maximum Gasteiger partial charge on any atom is 0.270 e. The Balaban J connectivity index is 1.64. The molecule has 0 spiro atoms. The molecule has 6 nitrogen and oxygen atoms in total. The molecule has 2 amide bonds. The molecule has 0 bridgehead atoms. The van der Waals surface area contributed by atoms with Gasteiger partial charge >= 0.3 is 0 Å². The fraction of sp³-hybridized carbons (Fsp3) is 0.179. The summed E-state index contributed by atoms with van der Waals surface area (Å²) < 4.78 is 12.9. The maximum absolute atomic E-state index is 13.4. The highest BCUT2D eigenvalue weighted by Crippen LogP contribution is 2.38. The molecule has 0 unspecified atom stereocenters. The normalized spacial score (nSPS) is 14.6. The molecule has 1 saturated heterocycles. The summed E-state index contributed by atoms with van der Waals surface area (Å²) in [6.45, 7) is 4.59. The van der Waals surface area contributed by atoms with Crippen LogP contribution < -0.4 is 19.7 Å². The number of benzene rings is 3. The number of hydrogen-bond acceptors (Lipinski definition) is 5. The predicted octanol–water partition coefficient (Wildman–Crippen LogP) is 6.32. The minimum atomic E-state index is -0.579. The molecule has 9 heteroatoms. The third kappa shape index (κ3) is 6.31. The smallest absolute Gasteiger partial charge is 0.270 e. The molecule has 3 aromatic carbocycles. The number of carbonyl (C=O) groups is 2. The van der Waals surface area contributed by atoms with Crippen LogP contribution in [0.5, 0.6) is 11.5 Å². The highest BCUT2D eigenvalue weighted by atomic mass is 127. The molecule has 1 fully saturated rings. The van der Waals surface area contributed by atoms with Gasteiger partial charge in [0.2, 0.25) is 0 Å². The number of halogens is 2. The van der Waals surface area contributed by atoms with E-state index in [0.29, 0.717) is 41.0 Å². The number of anilines is 1. The average Bonchev–Trinajstić information content (AvgIpc) is 2.87. The molecule has 0 atom stereocenters. The molecule has 37 heavy (non-hydrogen) atoms. The van der Waals surface area contributed by atoms with E-state index in [4.69, 9.17) is 33.3 Å². The zero-order valence-electron chi connectivity index (χ0n) is 20.2. The van der Waals surface area contributed by atoms with E-state index in [1.165, 1.54) is 11.0 Å². The van der Waals surface area contributed by atoms with Crippen LogP contribution in [-0.4, -0.2) is 23.5 Å². The second-order valence-corrected chi connectivity index (χ2v) is 10.2. The van der Waals surface area contributed by atoms with Gasteiger partial charge in [0.15, 0.2) is 16.6 Å². The van der Waals surface area contributed by atoms with Gasteiger partial charge in [0.25, 0.3) is 11.8 Å². The third-order valence-corrected chi connectivity index (χ3v) is 6.93. The molecule has 190 valence electrons. The van der Waals surface area contributed by atoms with Gasteiger partial charge in [0.1, 0.15) is 12.2 Å². The van der Waals surface area contributed by atoms with Crippen LogP contribution in [0.15, 0.2) is 66.2 Å². The minimum Gasteiger partial charge on any atom is -0.490 e. The number of hydrogen-bond donors (Lipinski definition) is 1. The predicted molar refractivity (Wildman–Crippen MR) is 158 cm³/mol. The first-order valence-corrected chi connectivity index (χ1v) is 13.5. The standard InChI is InChI=1S/C28H24ClIN2O4S/c1-3-17-7-11-21(12-8-17)32-27(34)22(26(33)31-28(32)37)13-19-14-23(29)25(24(15-19)35-4-2)36-16-18-5-9-20(30)10-6-18/h5-15H,3-4,16H2,1-2H3,(H,31,33,37)/b22-13+. The van der Waals surface area contributed by atoms with Crippen LogP contribution in [-0.2, 0) is 22.6 Å². The monoisotopic (exact) mass is 646 g/mol. The first-order chi connectivity index (χ1) is 17.8. The van der Waals surface area contributed by atoms with Gasteiger partial charge in [0.05, 0.1) is 17.3 Å². The van der Waals surface area contributed by atoms with Crippen LogP contribution in [0.3, 0.4) is 0 Å². The van der Waals surface area contributed by atoms with Crippen LogP contribution in [0, 0.1) is 3.57 Å². The van der Waals surface area contributed by atoms with Crippen molar-refractivity contribution >= 4 is 75.1 Å². The van der Waals surface area contributed by atoms with Gasteiger partial charge in [-0.3, -0.25) is 19.8 Å². The Hall–Kier alpha value is -2.95. The Bertz CT molecular complexity index is 1370. The van der Waals surface area contributed by atoms with Crippen LogP contribution >= 0.6 is 46.4 Å². The van der Waals surface area contributed by atoms with E-state index < -0.39 is 11.8 Å². The molecule has 0 aromatic heterocycles. The fourth-order valence-electron chi connectivity index (χ4n) is 3.75. The van der Waals surface area contributed by atoms with E-state index in [1.54, 1.807) is 12.1 Å². The quantitative estimate of drug-likeness (QED) is 0.134. The average molecular weight is 647 g/mol. The van der Waals surface area contributed by atoms with Crippen molar-refractivity contribution in [2.24, 2.45) is 0 Å². The van der Waals surface area contributed by atoms with Gasteiger partial charge in [-0.05, 0) is 107 Å². The van der Waals surface area contributed by atoms with Crippen molar-refractivity contribution in [1.82, 2.24) is 5.32 Å². The summed E-state index contributed by atoms with van der Waals surface area (Å²) in [4.78, 5) is 27.4. The summed E-state index contributed by atoms with van der Waals surface area (Å²) in [5.41, 5.74) is 3.13. The summed E-state index contributed by atoms with van der Waals surface area (Å²) in [7, 11) is 0. The first kappa shape index (κ1) is 27.1. The molecule has 1 aliphatic rings. The van der Waals surface area contributed by atoms with Crippen molar-refractivity contribution < 1.29 is 19.1 Å². The van der Waals surface area contributed by atoms with Gasteiger partial charge in [-0.15, -0.1) is 0 Å². The molecule has 0 aliphatic carbocycles. The van der Waals surface area contributed by atoms with Crippen molar-refractivity contribution in [2.75, 3.05) is 11.5 Å². The van der Waals surface area contributed by atoms with Crippen molar-refractivity contribution in [1.29, 1.82) is 0 Å². The molecule has 1 aliphatic heterocycles. The second-order valence-electron chi connectivity index (χ2n) is 8.16. The lowest BCUT2D eigenvalue weighted by Crippen LogP contribution is -2.54. The van der Waals surface area contributed by atoms with Gasteiger partial charge in [-0.25, -0.2) is 0 Å². The number of carbonyl (C=O) groups excluding carboxylic acids is 2. The van der Waals surface area contributed by atoms with E-state index in [-0.39, 0.29) is 10.7 Å². The number of thiocarbonyl (C=S) groups is 1. The summed E-state index contributed by atoms with van der Waals surface area (Å²) in [5.74, 6) is -0.295. The van der Waals surface area contributed by atoms with Gasteiger partial charge in [0, 0.05) is 3.57 Å². The fourth-order valence-corrected chi connectivity index (χ4v) is 4.66. The summed E-state index contributed by atoms with van der Waals surface area (Å²) in [5, 5.41) is 2.94. The summed E-state index contributed by atoms with van der Waals surface area (Å²) in [6, 6.07) is 18.8. The highest BCUT2D eigenvalue weighted by molar-refractivity contribution is 14.1. The van der Waals surface area contributed by atoms with E-state index in [0.717, 1.165) is 21.1 Å². The van der Waals surface area contributed by atoms with Crippen LogP contribution in [0.4, 0.5) is 5.69 Å². The molecule has 3 aromatic rings. The lowest BCUT2D eigenvalue weighted by molar-refractivity contribution is -0.122. The third-order valence-electron chi connectivity index (χ3n) is 5.64. The zero-order valence-corrected chi connectivity index (χ0v) is 23.9. The molecular formula is C28H24ClIN2O4S. The SMILES string of the molecule is CCOc1cc(/C=C2\C(=O)NC(=S)N(c3ccc(CC)cc3)C2=O)cc(Cl)c1OCc1ccc(I)cc1. The topological polar surface area (TPSA) is 67.9 Å². The van der Waals surface area contributed by atoms with Crippen LogP contribution in [0.25, 0.3) is 6.08 Å². The van der Waals surface area contributed by atoms with Crippen molar-refractivity contribution in [3.63, 3.8) is 0 Å². The van der Waals surface area contributed by atoms with Crippen molar-refractivity contribution in [3.05, 3.63) is 91.5 Å². The molecule has 1 heterocycles. The van der Waals surface area contributed by atoms with E-state index in [9.17, 15) is 9.59 Å². The molecular weight excluding hydrogens is 623 g/mol.